The molecule has 1 amide bonds. The minimum Gasteiger partial charge on any atom is -0.354 e. The number of nitrogens with one attached hydrogen (secondary N) is 1. The molecule has 3 N–H and O–H groups in total. The van der Waals surface area contributed by atoms with Crippen molar-refractivity contribution in [2.75, 3.05) is 6.54 Å². The van der Waals surface area contributed by atoms with Crippen LogP contribution in [0, 0.1) is 11.3 Å². The Morgan fingerprint density at radius 3 is 2.00 bits per heavy atom. The van der Waals surface area contributed by atoms with E-state index in [1.165, 1.54) is 0 Å². The first kappa shape index (κ1) is 15.4. The van der Waals surface area contributed by atoms with Gasteiger partial charge in [0.05, 0.1) is 5.54 Å². The summed E-state index contributed by atoms with van der Waals surface area (Å²) in [5.74, 6) is 0.419. The Morgan fingerprint density at radius 2 is 1.69 bits per heavy atom. The second kappa shape index (κ2) is 5.67. The van der Waals surface area contributed by atoms with Crippen molar-refractivity contribution in [2.45, 2.75) is 59.9 Å². The second-order valence-corrected chi connectivity index (χ2v) is 5.84. The number of carbonyl (C=O) groups excluding carboxylic acids is 1. The summed E-state index contributed by atoms with van der Waals surface area (Å²) in [5.41, 5.74) is 5.54. The van der Waals surface area contributed by atoms with Crippen molar-refractivity contribution in [3.8, 4) is 0 Å². The molecule has 1 unspecified atom stereocenters. The third kappa shape index (κ3) is 4.12. The summed E-state index contributed by atoms with van der Waals surface area (Å²) in [6, 6.07) is 0. The summed E-state index contributed by atoms with van der Waals surface area (Å²) in [6.07, 6.45) is 1.36. The van der Waals surface area contributed by atoms with E-state index in [0.717, 1.165) is 0 Å². The van der Waals surface area contributed by atoms with E-state index in [4.69, 9.17) is 5.73 Å². The van der Waals surface area contributed by atoms with Crippen molar-refractivity contribution in [1.82, 2.24) is 5.32 Å². The lowest BCUT2D eigenvalue weighted by molar-refractivity contribution is -0.126. The van der Waals surface area contributed by atoms with E-state index in [0.29, 0.717) is 25.3 Å². The van der Waals surface area contributed by atoms with E-state index in [1.54, 1.807) is 0 Å². The second-order valence-electron chi connectivity index (χ2n) is 5.84. The highest BCUT2D eigenvalue weighted by Gasteiger charge is 2.30. The predicted molar refractivity (Wildman–Crippen MR) is 69.1 cm³/mol. The van der Waals surface area contributed by atoms with Gasteiger partial charge in [0.2, 0.25) is 5.91 Å². The topological polar surface area (TPSA) is 55.1 Å². The van der Waals surface area contributed by atoms with Gasteiger partial charge in [-0.2, -0.15) is 0 Å². The molecule has 0 spiro atoms. The summed E-state index contributed by atoms with van der Waals surface area (Å²) in [6.45, 7) is 13.3. The van der Waals surface area contributed by atoms with Crippen LogP contribution >= 0.6 is 0 Å². The zero-order chi connectivity index (χ0) is 13.0. The van der Waals surface area contributed by atoms with Crippen LogP contribution in [0.4, 0.5) is 0 Å². The fourth-order valence-corrected chi connectivity index (χ4v) is 1.30. The Labute approximate surface area is 100 Å². The number of rotatable bonds is 5. The largest absolute Gasteiger partial charge is 0.354 e. The first-order valence-electron chi connectivity index (χ1n) is 6.24. The van der Waals surface area contributed by atoms with Crippen LogP contribution in [0.1, 0.15) is 54.4 Å². The Kier molecular flexibility index (Phi) is 5.47. The van der Waals surface area contributed by atoms with Gasteiger partial charge >= 0.3 is 0 Å². The van der Waals surface area contributed by atoms with Crippen LogP contribution in [-0.2, 0) is 4.79 Å². The molecule has 0 fully saturated rings. The molecule has 3 heteroatoms. The third-order valence-electron chi connectivity index (χ3n) is 3.76. The Balaban J connectivity index is 4.28. The van der Waals surface area contributed by atoms with Gasteiger partial charge in [0.1, 0.15) is 0 Å². The number of hydrogen-bond donors (Lipinski definition) is 2. The molecule has 0 radical (unpaired) electrons. The lowest BCUT2D eigenvalue weighted by Crippen LogP contribution is -2.54. The maximum absolute atomic E-state index is 11.9. The average Bonchev–Trinajstić information content (AvgIpc) is 2.22. The van der Waals surface area contributed by atoms with Crippen LogP contribution in [0.2, 0.25) is 0 Å². The number of amides is 1. The molecular formula is C13H28N2O. The van der Waals surface area contributed by atoms with Crippen LogP contribution in [0.25, 0.3) is 0 Å². The van der Waals surface area contributed by atoms with Crippen LogP contribution < -0.4 is 11.1 Å². The summed E-state index contributed by atoms with van der Waals surface area (Å²) in [4.78, 5) is 11.9. The third-order valence-corrected chi connectivity index (χ3v) is 3.76. The Morgan fingerprint density at radius 1 is 1.25 bits per heavy atom. The molecule has 0 aromatic heterocycles. The van der Waals surface area contributed by atoms with Gasteiger partial charge in [-0.1, -0.05) is 41.5 Å². The van der Waals surface area contributed by atoms with Crippen LogP contribution in [0.3, 0.4) is 0 Å². The van der Waals surface area contributed by atoms with E-state index in [-0.39, 0.29) is 11.3 Å². The standard InChI is InChI=1S/C13H28N2O/c1-7-13(14,8-2)11(16)15-9-10(3)12(4,5)6/h10H,7-9,14H2,1-6H3,(H,15,16). The van der Waals surface area contributed by atoms with Crippen LogP contribution in [-0.4, -0.2) is 18.0 Å². The van der Waals surface area contributed by atoms with Gasteiger partial charge in [-0.05, 0) is 24.2 Å². The number of nitrogens with two attached hydrogens (primary N) is 1. The molecule has 1 atom stereocenters. The number of carbonyl (C=O) groups is 1. The van der Waals surface area contributed by atoms with Gasteiger partial charge in [0, 0.05) is 6.54 Å². The molecule has 3 nitrogen and oxygen atoms in total. The highest BCUT2D eigenvalue weighted by atomic mass is 16.2. The fraction of sp³-hybridized carbons (Fsp3) is 0.923. The molecule has 0 aromatic carbocycles. The molecular weight excluding hydrogens is 200 g/mol. The molecule has 0 aromatic rings. The molecule has 0 heterocycles. The molecule has 96 valence electrons. The quantitative estimate of drug-likeness (QED) is 0.758. The minimum atomic E-state index is -0.697. The van der Waals surface area contributed by atoms with Crippen molar-refractivity contribution in [1.29, 1.82) is 0 Å². The first-order chi connectivity index (χ1) is 7.17. The van der Waals surface area contributed by atoms with Crippen LogP contribution in [0.15, 0.2) is 0 Å². The van der Waals surface area contributed by atoms with Gasteiger partial charge < -0.3 is 11.1 Å². The molecule has 0 saturated heterocycles. The molecule has 0 saturated carbocycles. The first-order valence-corrected chi connectivity index (χ1v) is 6.24. The molecule has 16 heavy (non-hydrogen) atoms. The monoisotopic (exact) mass is 228 g/mol. The summed E-state index contributed by atoms with van der Waals surface area (Å²) >= 11 is 0. The van der Waals surface area contributed by atoms with Gasteiger partial charge in [0.15, 0.2) is 0 Å². The van der Waals surface area contributed by atoms with Crippen molar-refractivity contribution in [2.24, 2.45) is 17.1 Å². The summed E-state index contributed by atoms with van der Waals surface area (Å²) < 4.78 is 0. The van der Waals surface area contributed by atoms with Crippen molar-refractivity contribution >= 4 is 5.91 Å². The number of hydrogen-bond acceptors (Lipinski definition) is 2. The zero-order valence-corrected chi connectivity index (χ0v) is 11.7. The van der Waals surface area contributed by atoms with E-state index >= 15 is 0 Å². The maximum Gasteiger partial charge on any atom is 0.240 e. The normalized spacial score (nSPS) is 14.7. The fourth-order valence-electron chi connectivity index (χ4n) is 1.30. The lowest BCUT2D eigenvalue weighted by Gasteiger charge is -2.30. The highest BCUT2D eigenvalue weighted by molar-refractivity contribution is 5.85. The van der Waals surface area contributed by atoms with Crippen LogP contribution in [0.5, 0.6) is 0 Å². The van der Waals surface area contributed by atoms with Crippen molar-refractivity contribution in [3.05, 3.63) is 0 Å². The van der Waals surface area contributed by atoms with Gasteiger partial charge in [-0.25, -0.2) is 0 Å². The summed E-state index contributed by atoms with van der Waals surface area (Å²) in [5, 5.41) is 2.97. The Hall–Kier alpha value is -0.570. The summed E-state index contributed by atoms with van der Waals surface area (Å²) in [7, 11) is 0. The van der Waals surface area contributed by atoms with Crippen molar-refractivity contribution < 1.29 is 4.79 Å². The SMILES string of the molecule is CCC(N)(CC)C(=O)NCC(C)C(C)(C)C. The van der Waals surface area contributed by atoms with Gasteiger partial charge in [0.25, 0.3) is 0 Å². The van der Waals surface area contributed by atoms with E-state index in [2.05, 4.69) is 33.0 Å². The molecule has 0 bridgehead atoms. The average molecular weight is 228 g/mol. The van der Waals surface area contributed by atoms with E-state index in [9.17, 15) is 4.79 Å². The van der Waals surface area contributed by atoms with Gasteiger partial charge in [-0.3, -0.25) is 4.79 Å². The van der Waals surface area contributed by atoms with E-state index in [1.807, 2.05) is 13.8 Å². The predicted octanol–water partition coefficient (Wildman–Crippen LogP) is 2.30. The smallest absolute Gasteiger partial charge is 0.240 e. The molecule has 0 aliphatic rings. The highest BCUT2D eigenvalue weighted by Crippen LogP contribution is 2.24. The Bertz CT molecular complexity index is 227. The lowest BCUT2D eigenvalue weighted by atomic mass is 9.82. The molecule has 0 rings (SSSR count). The van der Waals surface area contributed by atoms with Crippen molar-refractivity contribution in [3.63, 3.8) is 0 Å². The minimum absolute atomic E-state index is 0.0198. The zero-order valence-electron chi connectivity index (χ0n) is 11.7. The molecule has 0 aliphatic heterocycles. The maximum atomic E-state index is 11.9. The van der Waals surface area contributed by atoms with Gasteiger partial charge in [-0.15, -0.1) is 0 Å². The van der Waals surface area contributed by atoms with E-state index < -0.39 is 5.54 Å². The molecule has 0 aliphatic carbocycles.